The zero-order valence-corrected chi connectivity index (χ0v) is 17.9. The van der Waals surface area contributed by atoms with Crippen LogP contribution in [0.4, 0.5) is 4.39 Å². The van der Waals surface area contributed by atoms with E-state index < -0.39 is 11.9 Å². The fourth-order valence-electron chi connectivity index (χ4n) is 4.06. The summed E-state index contributed by atoms with van der Waals surface area (Å²) in [7, 11) is 0. The van der Waals surface area contributed by atoms with E-state index in [0.717, 1.165) is 36.8 Å². The molecule has 1 aliphatic carbocycles. The van der Waals surface area contributed by atoms with Gasteiger partial charge >= 0.3 is 0 Å². The minimum atomic E-state index is -0.633. The smallest absolute Gasteiger partial charge is 0.242 e. The van der Waals surface area contributed by atoms with Crippen LogP contribution in [0.2, 0.25) is 0 Å². The lowest BCUT2D eigenvalue weighted by molar-refractivity contribution is -0.140. The van der Waals surface area contributed by atoms with Crippen LogP contribution < -0.4 is 5.32 Å². The first-order valence-electron chi connectivity index (χ1n) is 10.8. The number of nitrogens with zero attached hydrogens (tertiary/aromatic N) is 1. The number of rotatable bonds is 7. The van der Waals surface area contributed by atoms with E-state index in [0.29, 0.717) is 12.1 Å². The number of halogens is 1. The van der Waals surface area contributed by atoms with Crippen molar-refractivity contribution in [1.82, 2.24) is 10.2 Å². The molecule has 4 nitrogen and oxygen atoms in total. The average Bonchev–Trinajstić information content (AvgIpc) is 2.74. The molecule has 5 heteroatoms. The zero-order chi connectivity index (χ0) is 21.5. The minimum absolute atomic E-state index is 0.0699. The third kappa shape index (κ3) is 5.91. The average molecular weight is 411 g/mol. The van der Waals surface area contributed by atoms with Crippen LogP contribution in [0.5, 0.6) is 0 Å². The number of carbonyl (C=O) groups excluding carboxylic acids is 2. The Morgan fingerprint density at radius 2 is 1.83 bits per heavy atom. The summed E-state index contributed by atoms with van der Waals surface area (Å²) in [4.78, 5) is 27.7. The summed E-state index contributed by atoms with van der Waals surface area (Å²) < 4.78 is 14.1. The van der Waals surface area contributed by atoms with Crippen LogP contribution in [0.15, 0.2) is 48.5 Å². The summed E-state index contributed by atoms with van der Waals surface area (Å²) in [6, 6.07) is 13.7. The molecule has 30 heavy (non-hydrogen) atoms. The van der Waals surface area contributed by atoms with Gasteiger partial charge in [0.2, 0.25) is 11.8 Å². The number of hydrogen-bond donors (Lipinski definition) is 1. The Morgan fingerprint density at radius 1 is 1.10 bits per heavy atom. The van der Waals surface area contributed by atoms with Crippen LogP contribution in [0, 0.1) is 12.7 Å². The Kier molecular flexibility index (Phi) is 7.61. The van der Waals surface area contributed by atoms with E-state index in [1.54, 1.807) is 30.0 Å². The van der Waals surface area contributed by atoms with E-state index in [1.807, 2.05) is 31.2 Å². The summed E-state index contributed by atoms with van der Waals surface area (Å²) >= 11 is 0. The van der Waals surface area contributed by atoms with Gasteiger partial charge in [0.05, 0.1) is 6.42 Å². The van der Waals surface area contributed by atoms with Gasteiger partial charge in [0.1, 0.15) is 11.9 Å². The van der Waals surface area contributed by atoms with Crippen LogP contribution in [-0.4, -0.2) is 28.8 Å². The second-order valence-electron chi connectivity index (χ2n) is 8.30. The number of carbonyl (C=O) groups is 2. The van der Waals surface area contributed by atoms with E-state index in [4.69, 9.17) is 0 Å². The van der Waals surface area contributed by atoms with Crippen molar-refractivity contribution in [3.63, 3.8) is 0 Å². The maximum Gasteiger partial charge on any atom is 0.242 e. The molecule has 1 atom stereocenters. The molecule has 0 saturated heterocycles. The van der Waals surface area contributed by atoms with Crippen molar-refractivity contribution in [2.24, 2.45) is 0 Å². The maximum atomic E-state index is 14.1. The SMILES string of the molecule is Cc1cccc(CN(C(=O)Cc2ccccc2F)C(C)C(=O)NC2CCCCC2)c1. The van der Waals surface area contributed by atoms with Crippen LogP contribution in [0.25, 0.3) is 0 Å². The molecule has 1 saturated carbocycles. The zero-order valence-electron chi connectivity index (χ0n) is 17.9. The fraction of sp³-hybridized carbons (Fsp3) is 0.440. The quantitative estimate of drug-likeness (QED) is 0.728. The normalized spacial score (nSPS) is 15.4. The van der Waals surface area contributed by atoms with Gasteiger partial charge in [0, 0.05) is 12.6 Å². The third-order valence-corrected chi connectivity index (χ3v) is 5.85. The van der Waals surface area contributed by atoms with Gasteiger partial charge in [0.15, 0.2) is 0 Å². The molecule has 2 amide bonds. The van der Waals surface area contributed by atoms with Crippen LogP contribution >= 0.6 is 0 Å². The monoisotopic (exact) mass is 410 g/mol. The molecule has 1 fully saturated rings. The van der Waals surface area contributed by atoms with Gasteiger partial charge in [-0.3, -0.25) is 9.59 Å². The van der Waals surface area contributed by atoms with Gasteiger partial charge in [0.25, 0.3) is 0 Å². The van der Waals surface area contributed by atoms with Crippen molar-refractivity contribution in [3.8, 4) is 0 Å². The first kappa shape index (κ1) is 22.0. The molecule has 0 spiro atoms. The van der Waals surface area contributed by atoms with Crippen molar-refractivity contribution in [3.05, 3.63) is 71.0 Å². The Labute approximate surface area is 178 Å². The minimum Gasteiger partial charge on any atom is -0.352 e. The molecule has 3 rings (SSSR count). The van der Waals surface area contributed by atoms with Crippen molar-refractivity contribution in [2.45, 2.75) is 71.0 Å². The molecule has 1 N–H and O–H groups in total. The second kappa shape index (κ2) is 10.4. The van der Waals surface area contributed by atoms with Gasteiger partial charge in [-0.25, -0.2) is 4.39 Å². The highest BCUT2D eigenvalue weighted by Gasteiger charge is 2.28. The van der Waals surface area contributed by atoms with E-state index in [2.05, 4.69) is 5.32 Å². The highest BCUT2D eigenvalue weighted by molar-refractivity contribution is 5.88. The molecule has 0 aromatic heterocycles. The van der Waals surface area contributed by atoms with Crippen LogP contribution in [0.1, 0.15) is 55.7 Å². The molecular formula is C25H31FN2O2. The van der Waals surface area contributed by atoms with Gasteiger partial charge in [-0.1, -0.05) is 67.3 Å². The van der Waals surface area contributed by atoms with Crippen molar-refractivity contribution in [1.29, 1.82) is 0 Å². The summed E-state index contributed by atoms with van der Waals surface area (Å²) in [6.07, 6.45) is 5.36. The van der Waals surface area contributed by atoms with E-state index in [-0.39, 0.29) is 24.3 Å². The summed E-state index contributed by atoms with van der Waals surface area (Å²) in [6.45, 7) is 4.07. The number of aryl methyl sites for hydroxylation is 1. The lowest BCUT2D eigenvalue weighted by Crippen LogP contribution is -2.50. The Morgan fingerprint density at radius 3 is 2.53 bits per heavy atom. The summed E-state index contributed by atoms with van der Waals surface area (Å²) in [5.41, 5.74) is 2.39. The number of benzene rings is 2. The van der Waals surface area contributed by atoms with Gasteiger partial charge < -0.3 is 10.2 Å². The fourth-order valence-corrected chi connectivity index (χ4v) is 4.06. The largest absolute Gasteiger partial charge is 0.352 e. The van der Waals surface area contributed by atoms with Crippen LogP contribution in [0.3, 0.4) is 0 Å². The molecule has 0 aliphatic heterocycles. The van der Waals surface area contributed by atoms with E-state index in [1.165, 1.54) is 12.5 Å². The van der Waals surface area contributed by atoms with Gasteiger partial charge in [-0.05, 0) is 43.9 Å². The topological polar surface area (TPSA) is 49.4 Å². The van der Waals surface area contributed by atoms with Gasteiger partial charge in [-0.2, -0.15) is 0 Å². The molecule has 0 heterocycles. The van der Waals surface area contributed by atoms with Crippen molar-refractivity contribution >= 4 is 11.8 Å². The molecule has 0 bridgehead atoms. The van der Waals surface area contributed by atoms with E-state index >= 15 is 0 Å². The molecule has 1 aliphatic rings. The number of amides is 2. The van der Waals surface area contributed by atoms with E-state index in [9.17, 15) is 14.0 Å². The molecular weight excluding hydrogens is 379 g/mol. The summed E-state index contributed by atoms with van der Waals surface area (Å²) in [5.74, 6) is -0.801. The second-order valence-corrected chi connectivity index (χ2v) is 8.30. The Bertz CT molecular complexity index is 877. The van der Waals surface area contributed by atoms with Crippen molar-refractivity contribution in [2.75, 3.05) is 0 Å². The Balaban J connectivity index is 1.77. The first-order valence-corrected chi connectivity index (χ1v) is 10.8. The van der Waals surface area contributed by atoms with Crippen LogP contribution in [-0.2, 0) is 22.6 Å². The lowest BCUT2D eigenvalue weighted by Gasteiger charge is -2.31. The highest BCUT2D eigenvalue weighted by Crippen LogP contribution is 2.19. The number of hydrogen-bond acceptors (Lipinski definition) is 2. The summed E-state index contributed by atoms with van der Waals surface area (Å²) in [5, 5.41) is 3.12. The maximum absolute atomic E-state index is 14.1. The molecule has 160 valence electrons. The standard InChI is InChI=1S/C25H31FN2O2/c1-18-9-8-10-20(15-18)17-28(24(29)16-21-11-6-7-14-23(21)26)19(2)25(30)27-22-12-4-3-5-13-22/h6-11,14-15,19,22H,3-5,12-13,16-17H2,1-2H3,(H,27,30). The molecule has 2 aromatic carbocycles. The lowest BCUT2D eigenvalue weighted by atomic mass is 9.95. The predicted molar refractivity (Wildman–Crippen MR) is 116 cm³/mol. The highest BCUT2D eigenvalue weighted by atomic mass is 19.1. The third-order valence-electron chi connectivity index (χ3n) is 5.85. The van der Waals surface area contributed by atoms with Crippen molar-refractivity contribution < 1.29 is 14.0 Å². The Hall–Kier alpha value is -2.69. The predicted octanol–water partition coefficient (Wildman–Crippen LogP) is 4.54. The first-order chi connectivity index (χ1) is 14.4. The number of nitrogens with one attached hydrogen (secondary N) is 1. The van der Waals surface area contributed by atoms with Gasteiger partial charge in [-0.15, -0.1) is 0 Å². The molecule has 2 aromatic rings. The molecule has 1 unspecified atom stereocenters. The molecule has 0 radical (unpaired) electrons.